The first kappa shape index (κ1) is 18.1. The first-order chi connectivity index (χ1) is 13.0. The van der Waals surface area contributed by atoms with Crippen LogP contribution in [0.2, 0.25) is 5.02 Å². The highest BCUT2D eigenvalue weighted by Gasteiger charge is 2.34. The number of aromatic nitrogens is 2. The number of amides is 1. The van der Waals surface area contributed by atoms with Crippen molar-refractivity contribution in [1.82, 2.24) is 15.0 Å². The Labute approximate surface area is 168 Å². The minimum absolute atomic E-state index is 0.0243. The maximum atomic E-state index is 13.2. The lowest BCUT2D eigenvalue weighted by Gasteiger charge is -2.17. The van der Waals surface area contributed by atoms with E-state index in [0.29, 0.717) is 41.8 Å². The van der Waals surface area contributed by atoms with E-state index in [2.05, 4.69) is 26.1 Å². The summed E-state index contributed by atoms with van der Waals surface area (Å²) >= 11 is 9.46. The topological polar surface area (TPSA) is 59.2 Å². The molecule has 0 aliphatic carbocycles. The Kier molecular flexibility index (Phi) is 4.97. The van der Waals surface area contributed by atoms with E-state index in [0.717, 1.165) is 10.0 Å². The lowest BCUT2D eigenvalue weighted by Crippen LogP contribution is -2.24. The smallest absolute Gasteiger partial charge is 0.232 e. The lowest BCUT2D eigenvalue weighted by atomic mass is 10.1. The summed E-state index contributed by atoms with van der Waals surface area (Å²) in [5, 5.41) is 4.33. The van der Waals surface area contributed by atoms with Crippen molar-refractivity contribution in [2.75, 3.05) is 6.54 Å². The van der Waals surface area contributed by atoms with Gasteiger partial charge in [0.05, 0.1) is 5.92 Å². The highest BCUT2D eigenvalue weighted by molar-refractivity contribution is 9.10. The number of carbonyl (C=O) groups is 1. The molecule has 1 fully saturated rings. The van der Waals surface area contributed by atoms with Gasteiger partial charge in [-0.25, -0.2) is 4.39 Å². The van der Waals surface area contributed by atoms with Crippen LogP contribution < -0.4 is 0 Å². The molecule has 138 valence electrons. The largest absolute Gasteiger partial charge is 0.339 e. The van der Waals surface area contributed by atoms with Crippen molar-refractivity contribution in [3.8, 4) is 11.4 Å². The van der Waals surface area contributed by atoms with Crippen molar-refractivity contribution < 1.29 is 13.7 Å². The Bertz CT molecular complexity index is 993. The van der Waals surface area contributed by atoms with Gasteiger partial charge in [0.25, 0.3) is 0 Å². The maximum absolute atomic E-state index is 13.2. The average Bonchev–Trinajstić information content (AvgIpc) is 3.25. The number of benzene rings is 2. The van der Waals surface area contributed by atoms with Gasteiger partial charge in [0.15, 0.2) is 0 Å². The SMILES string of the molecule is O=C1CC(c2nc(-c3ccc(Br)cc3)no2)CN1Cc1ccc(F)cc1Cl. The molecular weight excluding hydrogens is 437 g/mol. The Morgan fingerprint density at radius 2 is 2.04 bits per heavy atom. The van der Waals surface area contributed by atoms with Crippen LogP contribution in [0.3, 0.4) is 0 Å². The van der Waals surface area contributed by atoms with E-state index < -0.39 is 5.82 Å². The van der Waals surface area contributed by atoms with E-state index in [1.165, 1.54) is 12.1 Å². The van der Waals surface area contributed by atoms with Gasteiger partial charge < -0.3 is 9.42 Å². The van der Waals surface area contributed by atoms with Gasteiger partial charge in [-0.2, -0.15) is 4.98 Å². The highest BCUT2D eigenvalue weighted by atomic mass is 79.9. The van der Waals surface area contributed by atoms with E-state index >= 15 is 0 Å². The van der Waals surface area contributed by atoms with Crippen molar-refractivity contribution in [2.45, 2.75) is 18.9 Å². The first-order valence-corrected chi connectivity index (χ1v) is 9.48. The fourth-order valence-corrected chi connectivity index (χ4v) is 3.55. The van der Waals surface area contributed by atoms with Gasteiger partial charge in [0.1, 0.15) is 5.82 Å². The van der Waals surface area contributed by atoms with Crippen molar-refractivity contribution in [2.24, 2.45) is 0 Å². The molecule has 1 atom stereocenters. The molecule has 0 spiro atoms. The molecule has 3 aromatic rings. The molecule has 1 aliphatic heterocycles. The highest BCUT2D eigenvalue weighted by Crippen LogP contribution is 2.31. The summed E-state index contributed by atoms with van der Waals surface area (Å²) in [5.74, 6) is 0.330. The van der Waals surface area contributed by atoms with Gasteiger partial charge >= 0.3 is 0 Å². The van der Waals surface area contributed by atoms with Crippen LogP contribution in [0.25, 0.3) is 11.4 Å². The molecule has 2 aromatic carbocycles. The van der Waals surface area contributed by atoms with E-state index in [4.69, 9.17) is 16.1 Å². The van der Waals surface area contributed by atoms with Crippen LogP contribution in [0.5, 0.6) is 0 Å². The molecular formula is C19H14BrClFN3O2. The second kappa shape index (κ2) is 7.40. The molecule has 1 aromatic heterocycles. The van der Waals surface area contributed by atoms with Gasteiger partial charge in [-0.1, -0.05) is 38.8 Å². The first-order valence-electron chi connectivity index (χ1n) is 8.31. The number of hydrogen-bond donors (Lipinski definition) is 0. The molecule has 5 nitrogen and oxygen atoms in total. The van der Waals surface area contributed by atoms with Crippen molar-refractivity contribution in [1.29, 1.82) is 0 Å². The predicted molar refractivity (Wildman–Crippen MR) is 102 cm³/mol. The summed E-state index contributed by atoms with van der Waals surface area (Å²) in [7, 11) is 0. The van der Waals surface area contributed by atoms with Crippen molar-refractivity contribution >= 4 is 33.4 Å². The fraction of sp³-hybridized carbons (Fsp3) is 0.211. The third-order valence-corrected chi connectivity index (χ3v) is 5.36. The van der Waals surface area contributed by atoms with Gasteiger partial charge in [-0.15, -0.1) is 0 Å². The van der Waals surface area contributed by atoms with E-state index in [1.807, 2.05) is 24.3 Å². The molecule has 2 heterocycles. The zero-order chi connectivity index (χ0) is 19.0. The summed E-state index contributed by atoms with van der Waals surface area (Å²) in [6, 6.07) is 11.8. The molecule has 1 aliphatic rings. The van der Waals surface area contributed by atoms with Gasteiger partial charge in [-0.05, 0) is 42.0 Å². The Morgan fingerprint density at radius 1 is 1.26 bits per heavy atom. The van der Waals surface area contributed by atoms with Crippen LogP contribution in [0.1, 0.15) is 23.8 Å². The van der Waals surface area contributed by atoms with Crippen LogP contribution in [-0.4, -0.2) is 27.5 Å². The standard InChI is InChI=1S/C19H14BrClFN3O2/c20-14-4-1-11(2-5-14)18-23-19(27-24-18)13-7-17(26)25(10-13)9-12-3-6-15(22)8-16(12)21/h1-6,8,13H,7,9-10H2. The maximum Gasteiger partial charge on any atom is 0.232 e. The van der Waals surface area contributed by atoms with E-state index in [-0.39, 0.29) is 11.8 Å². The zero-order valence-electron chi connectivity index (χ0n) is 14.0. The molecule has 4 rings (SSSR count). The summed E-state index contributed by atoms with van der Waals surface area (Å²) in [4.78, 5) is 18.5. The van der Waals surface area contributed by atoms with Crippen LogP contribution in [0.4, 0.5) is 4.39 Å². The number of carbonyl (C=O) groups excluding carboxylic acids is 1. The van der Waals surface area contributed by atoms with Crippen LogP contribution in [0, 0.1) is 5.82 Å². The second-order valence-corrected chi connectivity index (χ2v) is 7.70. The van der Waals surface area contributed by atoms with E-state index in [1.54, 1.807) is 11.0 Å². The minimum Gasteiger partial charge on any atom is -0.339 e. The van der Waals surface area contributed by atoms with Crippen LogP contribution in [-0.2, 0) is 11.3 Å². The summed E-state index contributed by atoms with van der Waals surface area (Å²) in [5.41, 5.74) is 1.54. The number of nitrogens with zero attached hydrogens (tertiary/aromatic N) is 3. The van der Waals surface area contributed by atoms with E-state index in [9.17, 15) is 9.18 Å². The summed E-state index contributed by atoms with van der Waals surface area (Å²) in [6.45, 7) is 0.774. The molecule has 0 saturated carbocycles. The fourth-order valence-electron chi connectivity index (χ4n) is 3.06. The van der Waals surface area contributed by atoms with Crippen molar-refractivity contribution in [3.05, 3.63) is 69.2 Å². The molecule has 1 amide bonds. The van der Waals surface area contributed by atoms with Crippen molar-refractivity contribution in [3.63, 3.8) is 0 Å². The van der Waals surface area contributed by atoms with Gasteiger partial charge in [-0.3, -0.25) is 4.79 Å². The van der Waals surface area contributed by atoms with Crippen LogP contribution >= 0.6 is 27.5 Å². The summed E-state index contributed by atoms with van der Waals surface area (Å²) in [6.07, 6.45) is 0.292. The van der Waals surface area contributed by atoms with Crippen LogP contribution in [0.15, 0.2) is 51.5 Å². The monoisotopic (exact) mass is 449 g/mol. The number of hydrogen-bond acceptors (Lipinski definition) is 4. The number of halogens is 3. The third kappa shape index (κ3) is 3.89. The Morgan fingerprint density at radius 3 is 2.78 bits per heavy atom. The van der Waals surface area contributed by atoms with Gasteiger partial charge in [0.2, 0.25) is 17.6 Å². The zero-order valence-corrected chi connectivity index (χ0v) is 16.4. The Balaban J connectivity index is 1.48. The molecule has 27 heavy (non-hydrogen) atoms. The number of rotatable bonds is 4. The minimum atomic E-state index is -0.402. The quantitative estimate of drug-likeness (QED) is 0.572. The average molecular weight is 451 g/mol. The third-order valence-electron chi connectivity index (χ3n) is 4.48. The predicted octanol–water partition coefficient (Wildman–Crippen LogP) is 4.81. The molecule has 0 N–H and O–H groups in total. The molecule has 0 radical (unpaired) electrons. The molecule has 8 heteroatoms. The summed E-state index contributed by atoms with van der Waals surface area (Å²) < 4.78 is 19.5. The lowest BCUT2D eigenvalue weighted by molar-refractivity contribution is -0.128. The molecule has 0 bridgehead atoms. The number of likely N-dealkylation sites (tertiary alicyclic amines) is 1. The second-order valence-electron chi connectivity index (χ2n) is 6.37. The van der Waals surface area contributed by atoms with Gasteiger partial charge in [0, 0.05) is 34.6 Å². The normalized spacial score (nSPS) is 16.9. The Hall–Kier alpha value is -2.25. The molecule has 1 saturated heterocycles. The molecule has 1 unspecified atom stereocenters.